The summed E-state index contributed by atoms with van der Waals surface area (Å²) in [4.78, 5) is 0. The highest BCUT2D eigenvalue weighted by Gasteiger charge is 2.00. The average Bonchev–Trinajstić information content (AvgIpc) is 1.84. The van der Waals surface area contributed by atoms with Crippen LogP contribution in [-0.4, -0.2) is 15.7 Å². The Bertz CT molecular complexity index is 159. The molecule has 0 radical (unpaired) electrons. The van der Waals surface area contributed by atoms with E-state index in [1.807, 2.05) is 6.08 Å². The first-order valence-electron chi connectivity index (χ1n) is 4.54. The molecule has 0 aliphatic carbocycles. The zero-order valence-electron chi connectivity index (χ0n) is 8.54. The van der Waals surface area contributed by atoms with E-state index in [-0.39, 0.29) is 0 Å². The molecule has 0 spiro atoms. The van der Waals surface area contributed by atoms with E-state index in [9.17, 15) is 4.21 Å². The zero-order valence-corrected chi connectivity index (χ0v) is 9.36. The number of hydrogen-bond donors (Lipinski definition) is 0. The van der Waals surface area contributed by atoms with Crippen LogP contribution >= 0.6 is 0 Å². The summed E-state index contributed by atoms with van der Waals surface area (Å²) in [7, 11) is -0.653. The Balaban J connectivity index is 3.57. The Labute approximate surface area is 78.7 Å². The minimum atomic E-state index is -0.653. The second-order valence-corrected chi connectivity index (χ2v) is 5.39. The van der Waals surface area contributed by atoms with Gasteiger partial charge in [-0.2, -0.15) is 0 Å². The van der Waals surface area contributed by atoms with Gasteiger partial charge in [0.05, 0.1) is 0 Å². The first-order chi connectivity index (χ1) is 5.52. The van der Waals surface area contributed by atoms with Crippen LogP contribution in [0, 0.1) is 11.8 Å². The van der Waals surface area contributed by atoms with Gasteiger partial charge in [-0.05, 0) is 11.8 Å². The van der Waals surface area contributed by atoms with Gasteiger partial charge in [0.25, 0.3) is 0 Å². The van der Waals surface area contributed by atoms with Crippen LogP contribution in [0.15, 0.2) is 12.2 Å². The maximum atomic E-state index is 11.3. The van der Waals surface area contributed by atoms with E-state index >= 15 is 0 Å². The maximum Gasteiger partial charge on any atom is 0.0415 e. The summed E-state index contributed by atoms with van der Waals surface area (Å²) in [5, 5.41) is 0. The van der Waals surface area contributed by atoms with Crippen molar-refractivity contribution in [3.05, 3.63) is 12.2 Å². The second-order valence-electron chi connectivity index (χ2n) is 3.84. The number of hydrogen-bond acceptors (Lipinski definition) is 1. The molecule has 1 nitrogen and oxygen atoms in total. The van der Waals surface area contributed by atoms with Crippen molar-refractivity contribution in [1.82, 2.24) is 0 Å². The molecule has 0 aromatic rings. The summed E-state index contributed by atoms with van der Waals surface area (Å²) in [6, 6.07) is 0. The smallest absolute Gasteiger partial charge is 0.0415 e. The molecule has 1 unspecified atom stereocenters. The Morgan fingerprint density at radius 2 is 1.83 bits per heavy atom. The Morgan fingerprint density at radius 3 is 2.25 bits per heavy atom. The molecule has 1 atom stereocenters. The molecule has 0 fully saturated rings. The third-order valence-electron chi connectivity index (χ3n) is 1.32. The monoisotopic (exact) mass is 188 g/mol. The Kier molecular flexibility index (Phi) is 6.35. The van der Waals surface area contributed by atoms with Gasteiger partial charge in [0, 0.05) is 22.3 Å². The molecule has 0 saturated carbocycles. The normalized spacial score (nSPS) is 14.8. The molecule has 0 amide bonds. The van der Waals surface area contributed by atoms with Crippen LogP contribution in [0.2, 0.25) is 0 Å². The van der Waals surface area contributed by atoms with Crippen LogP contribution < -0.4 is 0 Å². The SMILES string of the molecule is CC(C)/C=C/CS(=O)CC(C)C. The average molecular weight is 188 g/mol. The minimum Gasteiger partial charge on any atom is -0.259 e. The third-order valence-corrected chi connectivity index (χ3v) is 2.93. The topological polar surface area (TPSA) is 17.1 Å². The molecule has 0 heterocycles. The fourth-order valence-electron chi connectivity index (χ4n) is 0.875. The molecular formula is C10H20OS. The van der Waals surface area contributed by atoms with Gasteiger partial charge in [-0.3, -0.25) is 4.21 Å². The molecule has 2 heteroatoms. The molecule has 0 aliphatic rings. The molecule has 0 bridgehead atoms. The molecule has 0 saturated heterocycles. The summed E-state index contributed by atoms with van der Waals surface area (Å²) in [6.45, 7) is 8.46. The van der Waals surface area contributed by atoms with Gasteiger partial charge in [-0.25, -0.2) is 0 Å². The minimum absolute atomic E-state index is 0.540. The summed E-state index contributed by atoms with van der Waals surface area (Å²) in [5.41, 5.74) is 0. The maximum absolute atomic E-state index is 11.3. The predicted octanol–water partition coefficient (Wildman–Crippen LogP) is 2.60. The lowest BCUT2D eigenvalue weighted by Crippen LogP contribution is -2.06. The van der Waals surface area contributed by atoms with Gasteiger partial charge in [-0.15, -0.1) is 0 Å². The van der Waals surface area contributed by atoms with Gasteiger partial charge in [0.1, 0.15) is 0 Å². The summed E-state index contributed by atoms with van der Waals surface area (Å²) in [6.07, 6.45) is 4.14. The van der Waals surface area contributed by atoms with E-state index in [0.29, 0.717) is 11.8 Å². The fourth-order valence-corrected chi connectivity index (χ4v) is 2.08. The van der Waals surface area contributed by atoms with E-state index in [1.165, 1.54) is 0 Å². The molecule has 12 heavy (non-hydrogen) atoms. The molecule has 72 valence electrons. The quantitative estimate of drug-likeness (QED) is 0.606. The molecule has 0 N–H and O–H groups in total. The Morgan fingerprint density at radius 1 is 1.25 bits per heavy atom. The first-order valence-corrected chi connectivity index (χ1v) is 6.02. The highest BCUT2D eigenvalue weighted by molar-refractivity contribution is 7.85. The van der Waals surface area contributed by atoms with Crippen molar-refractivity contribution >= 4 is 10.8 Å². The van der Waals surface area contributed by atoms with Crippen molar-refractivity contribution in [2.45, 2.75) is 27.7 Å². The summed E-state index contributed by atoms with van der Waals surface area (Å²) < 4.78 is 11.3. The van der Waals surface area contributed by atoms with Gasteiger partial charge >= 0.3 is 0 Å². The number of rotatable bonds is 5. The first kappa shape index (κ1) is 11.9. The molecule has 0 aromatic carbocycles. The van der Waals surface area contributed by atoms with Crippen LogP contribution in [0.5, 0.6) is 0 Å². The van der Waals surface area contributed by atoms with E-state index in [2.05, 4.69) is 33.8 Å². The van der Waals surface area contributed by atoms with Gasteiger partial charge in [0.15, 0.2) is 0 Å². The predicted molar refractivity (Wildman–Crippen MR) is 56.7 cm³/mol. The van der Waals surface area contributed by atoms with Crippen LogP contribution in [0.25, 0.3) is 0 Å². The van der Waals surface area contributed by atoms with Crippen molar-refractivity contribution < 1.29 is 4.21 Å². The largest absolute Gasteiger partial charge is 0.259 e. The summed E-state index contributed by atoms with van der Waals surface area (Å²) in [5.74, 6) is 2.65. The van der Waals surface area contributed by atoms with Gasteiger partial charge < -0.3 is 0 Å². The van der Waals surface area contributed by atoms with E-state index in [4.69, 9.17) is 0 Å². The second kappa shape index (κ2) is 6.41. The van der Waals surface area contributed by atoms with Crippen molar-refractivity contribution in [2.75, 3.05) is 11.5 Å². The molecule has 0 aromatic heterocycles. The fraction of sp³-hybridized carbons (Fsp3) is 0.800. The van der Waals surface area contributed by atoms with Crippen molar-refractivity contribution in [3.8, 4) is 0 Å². The van der Waals surface area contributed by atoms with E-state index in [1.54, 1.807) is 0 Å². The van der Waals surface area contributed by atoms with Gasteiger partial charge in [-0.1, -0.05) is 39.8 Å². The highest BCUT2D eigenvalue weighted by atomic mass is 32.2. The van der Waals surface area contributed by atoms with Crippen LogP contribution in [-0.2, 0) is 10.8 Å². The lowest BCUT2D eigenvalue weighted by molar-refractivity contribution is 0.667. The number of allylic oxidation sites excluding steroid dienone is 1. The van der Waals surface area contributed by atoms with E-state index in [0.717, 1.165) is 11.5 Å². The van der Waals surface area contributed by atoms with Crippen LogP contribution in [0.4, 0.5) is 0 Å². The third kappa shape index (κ3) is 7.99. The molecule has 0 rings (SSSR count). The lowest BCUT2D eigenvalue weighted by atomic mass is 10.2. The van der Waals surface area contributed by atoms with Crippen molar-refractivity contribution in [3.63, 3.8) is 0 Å². The summed E-state index contributed by atoms with van der Waals surface area (Å²) >= 11 is 0. The molecular weight excluding hydrogens is 168 g/mol. The molecule has 0 aliphatic heterocycles. The van der Waals surface area contributed by atoms with Crippen molar-refractivity contribution in [2.24, 2.45) is 11.8 Å². The Hall–Kier alpha value is -0.110. The standard InChI is InChI=1S/C10H20OS/c1-9(2)6-5-7-12(11)8-10(3)4/h5-6,9-10H,7-8H2,1-4H3/b6-5+. The van der Waals surface area contributed by atoms with E-state index < -0.39 is 10.8 Å². The van der Waals surface area contributed by atoms with Crippen LogP contribution in [0.3, 0.4) is 0 Å². The van der Waals surface area contributed by atoms with Gasteiger partial charge in [0.2, 0.25) is 0 Å². The highest BCUT2D eigenvalue weighted by Crippen LogP contribution is 1.98. The van der Waals surface area contributed by atoms with Crippen LogP contribution in [0.1, 0.15) is 27.7 Å². The van der Waals surface area contributed by atoms with Crippen molar-refractivity contribution in [1.29, 1.82) is 0 Å². The zero-order chi connectivity index (χ0) is 9.56. The lowest BCUT2D eigenvalue weighted by Gasteiger charge is -2.01.